The summed E-state index contributed by atoms with van der Waals surface area (Å²) in [5.74, 6) is 0.135. The molecule has 39 heavy (non-hydrogen) atoms. The maximum absolute atomic E-state index is 14.1. The summed E-state index contributed by atoms with van der Waals surface area (Å²) in [6.45, 7) is 12.3. The molecular weight excluding hydrogens is 515 g/mol. The lowest BCUT2D eigenvalue weighted by atomic mass is 10.1. The number of hydrogen-bond acceptors (Lipinski definition) is 6. The largest absolute Gasteiger partial charge is 0.462 e. The number of aromatic nitrogens is 1. The third kappa shape index (κ3) is 7.56. The SMILES string of the molecule is CCOC(=O)c1cccnc1N1CCN(Cc2ccc(CN(CC)CCc3c(F)cccc3Cl)cc2)CC1C. The second kappa shape index (κ2) is 13.9. The van der Waals surface area contributed by atoms with E-state index in [-0.39, 0.29) is 17.8 Å². The number of nitrogens with zero attached hydrogens (tertiary/aromatic N) is 4. The van der Waals surface area contributed by atoms with E-state index in [1.165, 1.54) is 17.2 Å². The van der Waals surface area contributed by atoms with E-state index in [9.17, 15) is 9.18 Å². The number of benzene rings is 2. The molecule has 0 aliphatic carbocycles. The zero-order valence-electron chi connectivity index (χ0n) is 23.1. The van der Waals surface area contributed by atoms with Crippen LogP contribution >= 0.6 is 11.6 Å². The Labute approximate surface area is 236 Å². The maximum atomic E-state index is 14.1. The highest BCUT2D eigenvalue weighted by Crippen LogP contribution is 2.24. The van der Waals surface area contributed by atoms with E-state index < -0.39 is 0 Å². The molecule has 0 spiro atoms. The fourth-order valence-electron chi connectivity index (χ4n) is 5.14. The molecular formula is C31H38ClFN4O2. The highest BCUT2D eigenvalue weighted by Gasteiger charge is 2.28. The molecule has 1 aliphatic heterocycles. The first-order valence-corrected chi connectivity index (χ1v) is 14.1. The Hall–Kier alpha value is -3.00. The predicted molar refractivity (Wildman–Crippen MR) is 155 cm³/mol. The molecule has 1 fully saturated rings. The van der Waals surface area contributed by atoms with Gasteiger partial charge in [0.2, 0.25) is 0 Å². The third-order valence-corrected chi connectivity index (χ3v) is 7.64. The van der Waals surface area contributed by atoms with Crippen molar-refractivity contribution in [3.63, 3.8) is 0 Å². The van der Waals surface area contributed by atoms with Crippen LogP contribution in [-0.4, -0.2) is 66.1 Å². The fraction of sp³-hybridized carbons (Fsp3) is 0.419. The van der Waals surface area contributed by atoms with Crippen molar-refractivity contribution in [2.75, 3.05) is 44.2 Å². The number of carbonyl (C=O) groups excluding carboxylic acids is 1. The minimum absolute atomic E-state index is 0.210. The molecule has 8 heteroatoms. The molecule has 208 valence electrons. The lowest BCUT2D eigenvalue weighted by Crippen LogP contribution is -2.52. The van der Waals surface area contributed by atoms with Crippen molar-refractivity contribution < 1.29 is 13.9 Å². The van der Waals surface area contributed by atoms with Gasteiger partial charge in [-0.15, -0.1) is 0 Å². The van der Waals surface area contributed by atoms with Crippen LogP contribution in [-0.2, 0) is 24.2 Å². The van der Waals surface area contributed by atoms with E-state index in [0.29, 0.717) is 35.0 Å². The summed E-state index contributed by atoms with van der Waals surface area (Å²) >= 11 is 6.21. The number of halogens is 2. The van der Waals surface area contributed by atoms with Gasteiger partial charge in [0.25, 0.3) is 0 Å². The van der Waals surface area contributed by atoms with E-state index in [1.807, 2.05) is 6.92 Å². The molecule has 2 heterocycles. The normalized spacial score (nSPS) is 16.1. The highest BCUT2D eigenvalue weighted by atomic mass is 35.5. The summed E-state index contributed by atoms with van der Waals surface area (Å²) in [6.07, 6.45) is 2.31. The Bertz CT molecular complexity index is 1220. The van der Waals surface area contributed by atoms with Crippen molar-refractivity contribution in [2.24, 2.45) is 0 Å². The molecule has 0 N–H and O–H groups in total. The Morgan fingerprint density at radius 1 is 1.10 bits per heavy atom. The van der Waals surface area contributed by atoms with Crippen molar-refractivity contribution in [2.45, 2.75) is 46.3 Å². The first-order valence-electron chi connectivity index (χ1n) is 13.7. The van der Waals surface area contributed by atoms with Gasteiger partial charge in [0.05, 0.1) is 6.61 Å². The average Bonchev–Trinajstić information content (AvgIpc) is 2.93. The van der Waals surface area contributed by atoms with E-state index >= 15 is 0 Å². The molecule has 0 radical (unpaired) electrons. The molecule has 0 bridgehead atoms. The summed E-state index contributed by atoms with van der Waals surface area (Å²) < 4.78 is 19.4. The molecule has 3 aromatic rings. The molecule has 0 amide bonds. The number of rotatable bonds is 11. The van der Waals surface area contributed by atoms with E-state index in [2.05, 4.69) is 57.8 Å². The first-order chi connectivity index (χ1) is 18.9. The summed E-state index contributed by atoms with van der Waals surface area (Å²) in [7, 11) is 0. The Balaban J connectivity index is 1.31. The highest BCUT2D eigenvalue weighted by molar-refractivity contribution is 6.31. The van der Waals surface area contributed by atoms with Crippen molar-refractivity contribution in [1.29, 1.82) is 0 Å². The second-order valence-electron chi connectivity index (χ2n) is 10.0. The molecule has 1 atom stereocenters. The summed E-state index contributed by atoms with van der Waals surface area (Å²) in [6, 6.07) is 17.4. The summed E-state index contributed by atoms with van der Waals surface area (Å²) in [4.78, 5) is 23.9. The third-order valence-electron chi connectivity index (χ3n) is 7.29. The van der Waals surface area contributed by atoms with Crippen LogP contribution in [0.5, 0.6) is 0 Å². The van der Waals surface area contributed by atoms with Crippen LogP contribution in [0.3, 0.4) is 0 Å². The standard InChI is InChI=1S/C31H38ClFN4O2/c1-4-35(17-15-26-28(32)9-6-10-29(26)33)21-24-11-13-25(14-12-24)22-36-18-19-37(23(3)20-36)30-27(8-7-16-34-30)31(38)39-5-2/h6-14,16,23H,4-5,15,17-22H2,1-3H3. The van der Waals surface area contributed by atoms with Crippen molar-refractivity contribution in [3.8, 4) is 0 Å². The van der Waals surface area contributed by atoms with Crippen LogP contribution in [0.1, 0.15) is 47.8 Å². The number of pyridine rings is 1. The average molecular weight is 553 g/mol. The molecule has 0 saturated carbocycles. The maximum Gasteiger partial charge on any atom is 0.341 e. The fourth-order valence-corrected chi connectivity index (χ4v) is 5.40. The quantitative estimate of drug-likeness (QED) is 0.279. The van der Waals surface area contributed by atoms with Crippen LogP contribution in [0.25, 0.3) is 0 Å². The number of likely N-dealkylation sites (N-methyl/N-ethyl adjacent to an activating group) is 1. The molecule has 1 aliphatic rings. The minimum atomic E-state index is -0.326. The number of ether oxygens (including phenoxy) is 1. The number of hydrogen-bond donors (Lipinski definition) is 0. The van der Waals surface area contributed by atoms with Crippen LogP contribution < -0.4 is 4.90 Å². The smallest absolute Gasteiger partial charge is 0.341 e. The molecule has 1 saturated heterocycles. The van der Waals surface area contributed by atoms with Crippen molar-refractivity contribution in [1.82, 2.24) is 14.8 Å². The molecule has 6 nitrogen and oxygen atoms in total. The lowest BCUT2D eigenvalue weighted by Gasteiger charge is -2.41. The monoisotopic (exact) mass is 552 g/mol. The zero-order chi connectivity index (χ0) is 27.8. The van der Waals surface area contributed by atoms with Gasteiger partial charge >= 0.3 is 5.97 Å². The second-order valence-corrected chi connectivity index (χ2v) is 10.4. The molecule has 2 aromatic carbocycles. The molecule has 1 aromatic heterocycles. The van der Waals surface area contributed by atoms with Gasteiger partial charge in [0.15, 0.2) is 0 Å². The lowest BCUT2D eigenvalue weighted by molar-refractivity contribution is 0.0526. The van der Waals surface area contributed by atoms with Gasteiger partial charge in [-0.3, -0.25) is 9.80 Å². The van der Waals surface area contributed by atoms with E-state index in [4.69, 9.17) is 16.3 Å². The van der Waals surface area contributed by atoms with Crippen molar-refractivity contribution >= 4 is 23.4 Å². The van der Waals surface area contributed by atoms with Crippen LogP contribution in [0.2, 0.25) is 5.02 Å². The van der Waals surface area contributed by atoms with Gasteiger partial charge in [-0.05, 0) is 62.2 Å². The number of anilines is 1. The van der Waals surface area contributed by atoms with Crippen LogP contribution in [0.4, 0.5) is 10.2 Å². The summed E-state index contributed by atoms with van der Waals surface area (Å²) in [5.41, 5.74) is 3.61. The molecule has 4 rings (SSSR count). The van der Waals surface area contributed by atoms with Gasteiger partial charge < -0.3 is 9.64 Å². The Morgan fingerprint density at radius 2 is 1.87 bits per heavy atom. The Kier molecular flexibility index (Phi) is 10.3. The Morgan fingerprint density at radius 3 is 2.56 bits per heavy atom. The summed E-state index contributed by atoms with van der Waals surface area (Å²) in [5, 5.41) is 0.491. The van der Waals surface area contributed by atoms with Crippen LogP contribution in [0.15, 0.2) is 60.8 Å². The number of carbonyl (C=O) groups is 1. The molecule has 1 unspecified atom stereocenters. The van der Waals surface area contributed by atoms with Gasteiger partial charge in [-0.2, -0.15) is 0 Å². The van der Waals surface area contributed by atoms with Gasteiger partial charge in [0.1, 0.15) is 17.2 Å². The van der Waals surface area contributed by atoms with Gasteiger partial charge in [-0.1, -0.05) is 48.9 Å². The van der Waals surface area contributed by atoms with E-state index in [0.717, 1.165) is 45.8 Å². The predicted octanol–water partition coefficient (Wildman–Crippen LogP) is 5.83. The first kappa shape index (κ1) is 29.0. The van der Waals surface area contributed by atoms with Gasteiger partial charge in [0, 0.05) is 62.1 Å². The topological polar surface area (TPSA) is 48.9 Å². The van der Waals surface area contributed by atoms with Crippen molar-refractivity contribution in [3.05, 3.63) is 93.9 Å². The zero-order valence-corrected chi connectivity index (χ0v) is 23.8. The number of esters is 1. The minimum Gasteiger partial charge on any atom is -0.462 e. The van der Waals surface area contributed by atoms with Crippen LogP contribution in [0, 0.1) is 5.82 Å². The van der Waals surface area contributed by atoms with Gasteiger partial charge in [-0.25, -0.2) is 14.2 Å². The van der Waals surface area contributed by atoms with E-state index in [1.54, 1.807) is 30.5 Å². The number of piperazine rings is 1.